The molecule has 0 radical (unpaired) electrons. The number of carbonyl (C=O) groups is 1. The summed E-state index contributed by atoms with van der Waals surface area (Å²) in [6.45, 7) is 4.66. The Kier molecular flexibility index (Phi) is 3.49. The van der Waals surface area contributed by atoms with E-state index in [0.717, 1.165) is 19.5 Å². The third-order valence-corrected chi connectivity index (χ3v) is 1.92. The molecule has 12 heavy (non-hydrogen) atoms. The molecule has 1 aliphatic heterocycles. The van der Waals surface area contributed by atoms with E-state index in [0.29, 0.717) is 13.2 Å². The van der Waals surface area contributed by atoms with Crippen LogP contribution in [0.5, 0.6) is 0 Å². The highest BCUT2D eigenvalue weighted by Crippen LogP contribution is 2.00. The Morgan fingerprint density at radius 1 is 1.75 bits per heavy atom. The average molecular weight is 172 g/mol. The molecule has 1 rings (SSSR count). The molecule has 0 spiro atoms. The van der Waals surface area contributed by atoms with E-state index in [4.69, 9.17) is 10.5 Å². The summed E-state index contributed by atoms with van der Waals surface area (Å²) in [6, 6.07) is 0.211. The number of hydrogen-bond acceptors (Lipinski definition) is 4. The van der Waals surface area contributed by atoms with E-state index in [-0.39, 0.29) is 12.0 Å². The predicted molar refractivity (Wildman–Crippen MR) is 45.7 cm³/mol. The Balaban J connectivity index is 2.18. The fourth-order valence-electron chi connectivity index (χ4n) is 1.17. The van der Waals surface area contributed by atoms with Gasteiger partial charge in [0.25, 0.3) is 0 Å². The smallest absolute Gasteiger partial charge is 0.320 e. The van der Waals surface area contributed by atoms with Gasteiger partial charge >= 0.3 is 5.97 Å². The summed E-state index contributed by atoms with van der Waals surface area (Å²) >= 11 is 0. The zero-order valence-electron chi connectivity index (χ0n) is 7.45. The van der Waals surface area contributed by atoms with Crippen molar-refractivity contribution < 1.29 is 9.53 Å². The standard InChI is InChI=1S/C8H16N2O2/c1-7(9)2-3-10-4-5-12-8(11)6-10/h7H,2-6,9H2,1H3. The van der Waals surface area contributed by atoms with Crippen molar-refractivity contribution in [2.75, 3.05) is 26.2 Å². The first-order chi connectivity index (χ1) is 5.68. The van der Waals surface area contributed by atoms with E-state index in [1.807, 2.05) is 6.92 Å². The molecule has 0 aliphatic carbocycles. The van der Waals surface area contributed by atoms with Gasteiger partial charge in [-0.25, -0.2) is 0 Å². The number of esters is 1. The van der Waals surface area contributed by atoms with E-state index in [1.54, 1.807) is 0 Å². The molecule has 1 unspecified atom stereocenters. The Hall–Kier alpha value is -0.610. The highest BCUT2D eigenvalue weighted by atomic mass is 16.5. The number of hydrogen-bond donors (Lipinski definition) is 1. The van der Waals surface area contributed by atoms with Gasteiger partial charge in [0, 0.05) is 19.1 Å². The topological polar surface area (TPSA) is 55.6 Å². The zero-order chi connectivity index (χ0) is 8.97. The molecule has 1 atom stereocenters. The Bertz CT molecular complexity index is 159. The van der Waals surface area contributed by atoms with Crippen molar-refractivity contribution in [3.8, 4) is 0 Å². The second kappa shape index (κ2) is 4.42. The maximum Gasteiger partial charge on any atom is 0.320 e. The van der Waals surface area contributed by atoms with Crippen LogP contribution in [0.3, 0.4) is 0 Å². The summed E-state index contributed by atoms with van der Waals surface area (Å²) in [7, 11) is 0. The third kappa shape index (κ3) is 3.19. The molecule has 1 heterocycles. The van der Waals surface area contributed by atoms with Crippen molar-refractivity contribution in [2.24, 2.45) is 5.73 Å². The van der Waals surface area contributed by atoms with Gasteiger partial charge in [0.05, 0.1) is 6.54 Å². The summed E-state index contributed by atoms with van der Waals surface area (Å²) in [5.74, 6) is -0.120. The van der Waals surface area contributed by atoms with Gasteiger partial charge in [0.15, 0.2) is 0 Å². The van der Waals surface area contributed by atoms with E-state index in [2.05, 4.69) is 4.90 Å². The van der Waals surface area contributed by atoms with Crippen LogP contribution >= 0.6 is 0 Å². The molecule has 70 valence electrons. The number of nitrogens with two attached hydrogens (primary N) is 1. The second-order valence-electron chi connectivity index (χ2n) is 3.26. The van der Waals surface area contributed by atoms with Gasteiger partial charge in [0.1, 0.15) is 6.61 Å². The average Bonchev–Trinajstić information content (AvgIpc) is 2.01. The van der Waals surface area contributed by atoms with Gasteiger partial charge in [-0.15, -0.1) is 0 Å². The lowest BCUT2D eigenvalue weighted by molar-refractivity contribution is -0.150. The summed E-state index contributed by atoms with van der Waals surface area (Å²) in [4.78, 5) is 12.9. The van der Waals surface area contributed by atoms with Gasteiger partial charge < -0.3 is 10.5 Å². The highest BCUT2D eigenvalue weighted by molar-refractivity contribution is 5.72. The summed E-state index contributed by atoms with van der Waals surface area (Å²) in [5, 5.41) is 0. The van der Waals surface area contributed by atoms with Crippen molar-refractivity contribution in [2.45, 2.75) is 19.4 Å². The van der Waals surface area contributed by atoms with Gasteiger partial charge in [-0.2, -0.15) is 0 Å². The first-order valence-electron chi connectivity index (χ1n) is 4.32. The molecule has 0 aromatic carbocycles. The number of ether oxygens (including phenoxy) is 1. The minimum Gasteiger partial charge on any atom is -0.463 e. The number of carbonyl (C=O) groups excluding carboxylic acids is 1. The van der Waals surface area contributed by atoms with Crippen LogP contribution in [0.25, 0.3) is 0 Å². The third-order valence-electron chi connectivity index (χ3n) is 1.92. The highest BCUT2D eigenvalue weighted by Gasteiger charge is 2.17. The molecule has 1 aliphatic rings. The van der Waals surface area contributed by atoms with Crippen LogP contribution in [0.4, 0.5) is 0 Å². The van der Waals surface area contributed by atoms with Crippen LogP contribution < -0.4 is 5.73 Å². The lowest BCUT2D eigenvalue weighted by atomic mass is 10.2. The van der Waals surface area contributed by atoms with Crippen LogP contribution in [-0.4, -0.2) is 43.2 Å². The van der Waals surface area contributed by atoms with Gasteiger partial charge in [-0.05, 0) is 13.3 Å². The summed E-state index contributed by atoms with van der Waals surface area (Å²) in [6.07, 6.45) is 0.938. The Morgan fingerprint density at radius 3 is 3.08 bits per heavy atom. The van der Waals surface area contributed by atoms with Crippen molar-refractivity contribution in [1.29, 1.82) is 0 Å². The molecule has 0 bridgehead atoms. The fourth-order valence-corrected chi connectivity index (χ4v) is 1.17. The number of nitrogens with zero attached hydrogens (tertiary/aromatic N) is 1. The van der Waals surface area contributed by atoms with Crippen LogP contribution in [0.1, 0.15) is 13.3 Å². The Labute approximate surface area is 72.7 Å². The molecule has 0 amide bonds. The van der Waals surface area contributed by atoms with Gasteiger partial charge in [-0.3, -0.25) is 9.69 Å². The van der Waals surface area contributed by atoms with Gasteiger partial charge in [-0.1, -0.05) is 0 Å². The van der Waals surface area contributed by atoms with E-state index < -0.39 is 0 Å². The van der Waals surface area contributed by atoms with Crippen molar-refractivity contribution in [1.82, 2.24) is 4.90 Å². The Morgan fingerprint density at radius 2 is 2.50 bits per heavy atom. The van der Waals surface area contributed by atoms with Crippen molar-refractivity contribution >= 4 is 5.97 Å². The molecule has 0 aromatic rings. The number of morpholine rings is 1. The van der Waals surface area contributed by atoms with Gasteiger partial charge in [0.2, 0.25) is 0 Å². The molecule has 0 aromatic heterocycles. The lowest BCUT2D eigenvalue weighted by Crippen LogP contribution is -2.41. The first-order valence-corrected chi connectivity index (χ1v) is 4.32. The minimum absolute atomic E-state index is 0.120. The molecule has 1 fully saturated rings. The van der Waals surface area contributed by atoms with E-state index in [9.17, 15) is 4.79 Å². The van der Waals surface area contributed by atoms with Crippen LogP contribution in [0.15, 0.2) is 0 Å². The van der Waals surface area contributed by atoms with Crippen molar-refractivity contribution in [3.05, 3.63) is 0 Å². The zero-order valence-corrected chi connectivity index (χ0v) is 7.45. The van der Waals surface area contributed by atoms with Crippen molar-refractivity contribution in [3.63, 3.8) is 0 Å². The monoisotopic (exact) mass is 172 g/mol. The second-order valence-corrected chi connectivity index (χ2v) is 3.26. The predicted octanol–water partition coefficient (Wildman–Crippen LogP) is -0.417. The number of rotatable bonds is 3. The maximum absolute atomic E-state index is 10.8. The minimum atomic E-state index is -0.120. The molecule has 2 N–H and O–H groups in total. The molecule has 0 saturated carbocycles. The SMILES string of the molecule is CC(N)CCN1CCOC(=O)C1. The quantitative estimate of drug-likeness (QED) is 0.588. The molecular formula is C8H16N2O2. The molecule has 1 saturated heterocycles. The van der Waals surface area contributed by atoms with Crippen LogP contribution in [-0.2, 0) is 9.53 Å². The fraction of sp³-hybridized carbons (Fsp3) is 0.875. The van der Waals surface area contributed by atoms with E-state index >= 15 is 0 Å². The molecule has 4 heteroatoms. The summed E-state index contributed by atoms with van der Waals surface area (Å²) in [5.41, 5.74) is 5.60. The maximum atomic E-state index is 10.8. The normalized spacial score (nSPS) is 22.0. The summed E-state index contributed by atoms with van der Waals surface area (Å²) < 4.78 is 4.80. The largest absolute Gasteiger partial charge is 0.463 e. The number of cyclic esters (lactones) is 1. The van der Waals surface area contributed by atoms with Crippen LogP contribution in [0.2, 0.25) is 0 Å². The molecule has 4 nitrogen and oxygen atoms in total. The van der Waals surface area contributed by atoms with E-state index in [1.165, 1.54) is 0 Å². The van der Waals surface area contributed by atoms with Crippen LogP contribution in [0, 0.1) is 0 Å². The lowest BCUT2D eigenvalue weighted by Gasteiger charge is -2.25. The first kappa shape index (κ1) is 9.48. The molecular weight excluding hydrogens is 156 g/mol.